The van der Waals surface area contributed by atoms with Gasteiger partial charge in [0.25, 0.3) is 0 Å². The van der Waals surface area contributed by atoms with Crippen LogP contribution >= 0.6 is 0 Å². The molecule has 0 fully saturated rings. The zero-order valence-corrected chi connectivity index (χ0v) is 7.18. The molecule has 1 rings (SSSR count). The van der Waals surface area contributed by atoms with Gasteiger partial charge in [0.1, 0.15) is 0 Å². The van der Waals surface area contributed by atoms with Gasteiger partial charge in [0.2, 0.25) is 0 Å². The van der Waals surface area contributed by atoms with E-state index < -0.39 is 0 Å². The number of hydrogen-bond donors (Lipinski definition) is 1. The van der Waals surface area contributed by atoms with Gasteiger partial charge < -0.3 is 10.1 Å². The molecule has 62 valence electrons. The molecule has 0 aliphatic heterocycles. The molecule has 0 amide bonds. The van der Waals surface area contributed by atoms with Crippen molar-refractivity contribution in [2.45, 2.75) is 26.2 Å². The van der Waals surface area contributed by atoms with Crippen LogP contribution < -0.4 is 0 Å². The highest BCUT2D eigenvalue weighted by Gasteiger charge is 2.14. The monoisotopic (exact) mass is 153 g/mol. The maximum Gasteiger partial charge on any atom is 0.0922 e. The summed E-state index contributed by atoms with van der Waals surface area (Å²) in [7, 11) is 1.70. The van der Waals surface area contributed by atoms with E-state index in [0.717, 1.165) is 30.7 Å². The third kappa shape index (κ3) is 2.07. The fraction of sp³-hybridized carbons (Fsp3) is 0.667. The first-order chi connectivity index (χ1) is 5.24. The maximum atomic E-state index is 7.45. The van der Waals surface area contributed by atoms with Crippen molar-refractivity contribution in [1.82, 2.24) is 0 Å². The van der Waals surface area contributed by atoms with Crippen molar-refractivity contribution in [2.75, 3.05) is 7.11 Å². The highest BCUT2D eigenvalue weighted by atomic mass is 16.5. The van der Waals surface area contributed by atoms with E-state index in [9.17, 15) is 0 Å². The molecule has 0 spiro atoms. The molecule has 1 aliphatic carbocycles. The third-order valence-electron chi connectivity index (χ3n) is 2.14. The molecule has 2 heteroatoms. The zero-order valence-electron chi connectivity index (χ0n) is 7.18. The summed E-state index contributed by atoms with van der Waals surface area (Å²) < 4.78 is 5.14. The number of hydrogen-bond acceptors (Lipinski definition) is 2. The minimum atomic E-state index is 0.332. The van der Waals surface area contributed by atoms with Crippen LogP contribution in [0.3, 0.4) is 0 Å². The predicted octanol–water partition coefficient (Wildman–Crippen LogP) is 2.36. The molecule has 0 aromatic rings. The average molecular weight is 153 g/mol. The second kappa shape index (κ2) is 3.56. The summed E-state index contributed by atoms with van der Waals surface area (Å²) in [6, 6.07) is 0. The van der Waals surface area contributed by atoms with Crippen molar-refractivity contribution in [3.63, 3.8) is 0 Å². The van der Waals surface area contributed by atoms with Crippen LogP contribution in [0.4, 0.5) is 0 Å². The van der Waals surface area contributed by atoms with E-state index in [-0.39, 0.29) is 0 Å². The molecule has 0 aromatic heterocycles. The Kier molecular flexibility index (Phi) is 2.69. The van der Waals surface area contributed by atoms with Crippen LogP contribution in [0.2, 0.25) is 0 Å². The third-order valence-corrected chi connectivity index (χ3v) is 2.14. The molecule has 0 unspecified atom stereocenters. The fourth-order valence-corrected chi connectivity index (χ4v) is 1.40. The summed E-state index contributed by atoms with van der Waals surface area (Å²) in [6.45, 7) is 1.86. The van der Waals surface area contributed by atoms with E-state index in [2.05, 4.69) is 6.08 Å². The smallest absolute Gasteiger partial charge is 0.0922 e. The molecule has 2 nitrogen and oxygen atoms in total. The molecule has 0 saturated heterocycles. The van der Waals surface area contributed by atoms with Gasteiger partial charge in [-0.05, 0) is 25.8 Å². The SMILES string of the molecule is COC1=C[C@@H](C(C)=N)CCC1. The van der Waals surface area contributed by atoms with Gasteiger partial charge in [-0.1, -0.05) is 0 Å². The molecule has 11 heavy (non-hydrogen) atoms. The number of rotatable bonds is 2. The second-order valence-corrected chi connectivity index (χ2v) is 3.02. The minimum absolute atomic E-state index is 0.332. The Hall–Kier alpha value is -0.790. The van der Waals surface area contributed by atoms with E-state index in [1.807, 2.05) is 6.92 Å². The van der Waals surface area contributed by atoms with Crippen molar-refractivity contribution in [3.05, 3.63) is 11.8 Å². The van der Waals surface area contributed by atoms with Crippen LogP contribution in [0.5, 0.6) is 0 Å². The Morgan fingerprint density at radius 3 is 3.00 bits per heavy atom. The molecular weight excluding hydrogens is 138 g/mol. The van der Waals surface area contributed by atoms with Crippen LogP contribution in [-0.2, 0) is 4.74 Å². The highest BCUT2D eigenvalue weighted by Crippen LogP contribution is 2.23. The van der Waals surface area contributed by atoms with Crippen LogP contribution in [0.25, 0.3) is 0 Å². The van der Waals surface area contributed by atoms with Crippen LogP contribution in [0.1, 0.15) is 26.2 Å². The summed E-state index contributed by atoms with van der Waals surface area (Å²) in [5.74, 6) is 1.38. The molecular formula is C9H15NO. The van der Waals surface area contributed by atoms with Crippen molar-refractivity contribution >= 4 is 5.71 Å². The number of ether oxygens (including phenoxy) is 1. The van der Waals surface area contributed by atoms with E-state index in [1.165, 1.54) is 0 Å². The number of allylic oxidation sites excluding steroid dienone is 2. The predicted molar refractivity (Wildman–Crippen MR) is 45.8 cm³/mol. The summed E-state index contributed by atoms with van der Waals surface area (Å²) in [4.78, 5) is 0. The lowest BCUT2D eigenvalue weighted by Gasteiger charge is -2.18. The summed E-state index contributed by atoms with van der Waals surface area (Å²) in [5, 5.41) is 7.45. The van der Waals surface area contributed by atoms with Gasteiger partial charge in [-0.15, -0.1) is 0 Å². The van der Waals surface area contributed by atoms with E-state index >= 15 is 0 Å². The average Bonchev–Trinajstić information content (AvgIpc) is 2.05. The summed E-state index contributed by atoms with van der Waals surface area (Å²) in [6.07, 6.45) is 5.38. The maximum absolute atomic E-state index is 7.45. The fourth-order valence-electron chi connectivity index (χ4n) is 1.40. The molecule has 0 heterocycles. The quantitative estimate of drug-likeness (QED) is 0.607. The number of nitrogens with one attached hydrogen (secondary N) is 1. The van der Waals surface area contributed by atoms with Gasteiger partial charge in [0.05, 0.1) is 12.9 Å². The highest BCUT2D eigenvalue weighted by molar-refractivity contribution is 5.83. The van der Waals surface area contributed by atoms with Crippen LogP contribution in [0.15, 0.2) is 11.8 Å². The van der Waals surface area contributed by atoms with Gasteiger partial charge in [-0.3, -0.25) is 0 Å². The Morgan fingerprint density at radius 2 is 2.45 bits per heavy atom. The molecule has 0 radical (unpaired) electrons. The first-order valence-corrected chi connectivity index (χ1v) is 4.03. The lowest BCUT2D eigenvalue weighted by molar-refractivity contribution is 0.263. The largest absolute Gasteiger partial charge is 0.501 e. The zero-order chi connectivity index (χ0) is 8.27. The molecule has 1 aliphatic rings. The van der Waals surface area contributed by atoms with Crippen LogP contribution in [0, 0.1) is 11.3 Å². The molecule has 0 saturated carbocycles. The summed E-state index contributed by atoms with van der Waals surface area (Å²) in [5.41, 5.74) is 0.749. The van der Waals surface area contributed by atoms with Gasteiger partial charge in [-0.25, -0.2) is 0 Å². The second-order valence-electron chi connectivity index (χ2n) is 3.02. The van der Waals surface area contributed by atoms with Crippen molar-refractivity contribution in [2.24, 2.45) is 5.92 Å². The van der Waals surface area contributed by atoms with Gasteiger partial charge in [0, 0.05) is 18.1 Å². The lowest BCUT2D eigenvalue weighted by Crippen LogP contribution is -2.12. The first-order valence-electron chi connectivity index (χ1n) is 4.03. The van der Waals surface area contributed by atoms with Gasteiger partial charge >= 0.3 is 0 Å². The topological polar surface area (TPSA) is 33.1 Å². The van der Waals surface area contributed by atoms with Crippen molar-refractivity contribution < 1.29 is 4.74 Å². The van der Waals surface area contributed by atoms with E-state index in [0.29, 0.717) is 5.92 Å². The Labute approximate surface area is 67.8 Å². The molecule has 1 atom stereocenters. The molecule has 1 N–H and O–H groups in total. The van der Waals surface area contributed by atoms with Gasteiger partial charge in [-0.2, -0.15) is 0 Å². The van der Waals surface area contributed by atoms with E-state index in [4.69, 9.17) is 10.1 Å². The standard InChI is InChI=1S/C9H15NO/c1-7(10)8-4-3-5-9(6-8)11-2/h6,8,10H,3-5H2,1-2H3/t8-/m0/s1. The number of methoxy groups -OCH3 is 1. The Morgan fingerprint density at radius 1 is 1.73 bits per heavy atom. The van der Waals surface area contributed by atoms with Gasteiger partial charge in [0.15, 0.2) is 0 Å². The molecule has 0 aromatic carbocycles. The molecule has 0 bridgehead atoms. The first kappa shape index (κ1) is 8.31. The van der Waals surface area contributed by atoms with Crippen LogP contribution in [-0.4, -0.2) is 12.8 Å². The lowest BCUT2D eigenvalue weighted by atomic mass is 9.91. The van der Waals surface area contributed by atoms with Crippen molar-refractivity contribution in [1.29, 1.82) is 5.41 Å². The Balaban J connectivity index is 2.62. The van der Waals surface area contributed by atoms with Crippen molar-refractivity contribution in [3.8, 4) is 0 Å². The van der Waals surface area contributed by atoms with E-state index in [1.54, 1.807) is 7.11 Å². The minimum Gasteiger partial charge on any atom is -0.501 e. The Bertz CT molecular complexity index is 184. The normalized spacial score (nSPS) is 24.2. The summed E-state index contributed by atoms with van der Waals surface area (Å²) >= 11 is 0.